The predicted octanol–water partition coefficient (Wildman–Crippen LogP) is 4.01. The van der Waals surface area contributed by atoms with E-state index in [0.717, 1.165) is 41.7 Å². The largest absolute Gasteiger partial charge is 0.324 e. The van der Waals surface area contributed by atoms with Crippen molar-refractivity contribution in [2.45, 2.75) is 47.1 Å². The standard InChI is InChI=1S/C18H23F2N3O/c1-11(2)10-23-13(4)15(12(3)22-23)6-8-18(24)21-17-9-14(19)5-7-16(17)20/h5,7,9,11H,6,8,10H2,1-4H3,(H,21,24). The summed E-state index contributed by atoms with van der Waals surface area (Å²) in [5, 5.41) is 6.93. The van der Waals surface area contributed by atoms with Crippen LogP contribution in [0.15, 0.2) is 18.2 Å². The average molecular weight is 335 g/mol. The monoisotopic (exact) mass is 335 g/mol. The molecule has 1 aromatic heterocycles. The third kappa shape index (κ3) is 4.40. The van der Waals surface area contributed by atoms with Crippen molar-refractivity contribution >= 4 is 11.6 Å². The predicted molar refractivity (Wildman–Crippen MR) is 89.8 cm³/mol. The lowest BCUT2D eigenvalue weighted by Crippen LogP contribution is -2.14. The summed E-state index contributed by atoms with van der Waals surface area (Å²) in [7, 11) is 0. The van der Waals surface area contributed by atoms with Crippen LogP contribution in [0.4, 0.5) is 14.5 Å². The lowest BCUT2D eigenvalue weighted by molar-refractivity contribution is -0.116. The Balaban J connectivity index is 2.01. The molecule has 6 heteroatoms. The summed E-state index contributed by atoms with van der Waals surface area (Å²) < 4.78 is 28.6. The van der Waals surface area contributed by atoms with Crippen LogP contribution in [0.1, 0.15) is 37.2 Å². The molecule has 0 spiro atoms. The zero-order chi connectivity index (χ0) is 17.9. The number of benzene rings is 1. The highest BCUT2D eigenvalue weighted by Crippen LogP contribution is 2.18. The topological polar surface area (TPSA) is 46.9 Å². The molecule has 0 saturated heterocycles. The van der Waals surface area contributed by atoms with Gasteiger partial charge in [0.1, 0.15) is 11.6 Å². The Labute approximate surface area is 140 Å². The third-order valence-corrected chi connectivity index (χ3v) is 3.87. The molecule has 0 aliphatic rings. The number of amides is 1. The van der Waals surface area contributed by atoms with Crippen molar-refractivity contribution in [3.05, 3.63) is 46.8 Å². The van der Waals surface area contributed by atoms with E-state index in [4.69, 9.17) is 0 Å². The van der Waals surface area contributed by atoms with Crippen LogP contribution in [0.2, 0.25) is 0 Å². The summed E-state index contributed by atoms with van der Waals surface area (Å²) in [6, 6.07) is 2.99. The molecule has 0 unspecified atom stereocenters. The first kappa shape index (κ1) is 18.1. The van der Waals surface area contributed by atoms with Crippen LogP contribution < -0.4 is 5.32 Å². The van der Waals surface area contributed by atoms with E-state index in [9.17, 15) is 13.6 Å². The van der Waals surface area contributed by atoms with E-state index in [2.05, 4.69) is 24.3 Å². The molecule has 130 valence electrons. The van der Waals surface area contributed by atoms with Gasteiger partial charge in [0.25, 0.3) is 0 Å². The second-order valence-electron chi connectivity index (χ2n) is 6.40. The van der Waals surface area contributed by atoms with Gasteiger partial charge in [0, 0.05) is 24.7 Å². The molecule has 0 radical (unpaired) electrons. The summed E-state index contributed by atoms with van der Waals surface area (Å²) in [4.78, 5) is 12.0. The fraction of sp³-hybridized carbons (Fsp3) is 0.444. The smallest absolute Gasteiger partial charge is 0.224 e. The number of anilines is 1. The third-order valence-electron chi connectivity index (χ3n) is 3.87. The van der Waals surface area contributed by atoms with Crippen molar-refractivity contribution in [2.24, 2.45) is 5.92 Å². The Kier molecular flexibility index (Phi) is 5.70. The van der Waals surface area contributed by atoms with Crippen LogP contribution in [0, 0.1) is 31.4 Å². The molecule has 1 N–H and O–H groups in total. The van der Waals surface area contributed by atoms with E-state index in [-0.39, 0.29) is 18.0 Å². The van der Waals surface area contributed by atoms with Gasteiger partial charge in [-0.05, 0) is 43.9 Å². The number of aromatic nitrogens is 2. The highest BCUT2D eigenvalue weighted by Gasteiger charge is 2.14. The first-order chi connectivity index (χ1) is 11.3. The Morgan fingerprint density at radius 2 is 2.00 bits per heavy atom. The molecule has 0 saturated carbocycles. The fourth-order valence-corrected chi connectivity index (χ4v) is 2.66. The molecule has 2 aromatic rings. The zero-order valence-corrected chi connectivity index (χ0v) is 14.5. The average Bonchev–Trinajstić information content (AvgIpc) is 2.74. The van der Waals surface area contributed by atoms with Crippen LogP contribution >= 0.6 is 0 Å². The molecule has 0 bridgehead atoms. The molecule has 1 heterocycles. The van der Waals surface area contributed by atoms with Crippen molar-refractivity contribution in [3.8, 4) is 0 Å². The molecule has 2 rings (SSSR count). The van der Waals surface area contributed by atoms with Gasteiger partial charge in [0.05, 0.1) is 11.4 Å². The molecule has 4 nitrogen and oxygen atoms in total. The van der Waals surface area contributed by atoms with E-state index in [1.807, 2.05) is 18.5 Å². The second kappa shape index (κ2) is 7.55. The maximum Gasteiger partial charge on any atom is 0.224 e. The van der Waals surface area contributed by atoms with Gasteiger partial charge in [-0.25, -0.2) is 8.78 Å². The lowest BCUT2D eigenvalue weighted by atomic mass is 10.1. The van der Waals surface area contributed by atoms with Gasteiger partial charge in [-0.1, -0.05) is 13.8 Å². The molecule has 1 aromatic carbocycles. The van der Waals surface area contributed by atoms with Crippen molar-refractivity contribution in [1.29, 1.82) is 0 Å². The minimum Gasteiger partial charge on any atom is -0.324 e. The van der Waals surface area contributed by atoms with Crippen LogP contribution in [0.25, 0.3) is 0 Å². The minimum absolute atomic E-state index is 0.135. The summed E-state index contributed by atoms with van der Waals surface area (Å²) in [6.45, 7) is 8.98. The Hall–Kier alpha value is -2.24. The molecule has 0 atom stereocenters. The van der Waals surface area contributed by atoms with Gasteiger partial charge < -0.3 is 5.32 Å². The molecule has 1 amide bonds. The zero-order valence-electron chi connectivity index (χ0n) is 14.5. The van der Waals surface area contributed by atoms with Crippen molar-refractivity contribution < 1.29 is 13.6 Å². The Morgan fingerprint density at radius 1 is 1.29 bits per heavy atom. The van der Waals surface area contributed by atoms with E-state index < -0.39 is 11.6 Å². The van der Waals surface area contributed by atoms with Crippen LogP contribution in [0.3, 0.4) is 0 Å². The molecule has 24 heavy (non-hydrogen) atoms. The summed E-state index contributed by atoms with van der Waals surface area (Å²) in [6.07, 6.45) is 0.698. The number of halogens is 2. The van der Waals surface area contributed by atoms with Gasteiger partial charge in [0.15, 0.2) is 0 Å². The number of nitrogens with one attached hydrogen (secondary N) is 1. The first-order valence-corrected chi connectivity index (χ1v) is 8.05. The maximum absolute atomic E-state index is 13.6. The van der Waals surface area contributed by atoms with E-state index in [1.54, 1.807) is 0 Å². The van der Waals surface area contributed by atoms with Gasteiger partial charge in [-0.2, -0.15) is 5.10 Å². The van der Waals surface area contributed by atoms with Crippen molar-refractivity contribution in [2.75, 3.05) is 5.32 Å². The summed E-state index contributed by atoms with van der Waals surface area (Å²) >= 11 is 0. The summed E-state index contributed by atoms with van der Waals surface area (Å²) in [5.74, 6) is -1.11. The second-order valence-corrected chi connectivity index (χ2v) is 6.40. The summed E-state index contributed by atoms with van der Waals surface area (Å²) in [5.41, 5.74) is 2.85. The van der Waals surface area contributed by atoms with E-state index in [0.29, 0.717) is 12.3 Å². The first-order valence-electron chi connectivity index (χ1n) is 8.05. The van der Waals surface area contributed by atoms with Gasteiger partial charge in [-0.3, -0.25) is 9.48 Å². The number of carbonyl (C=O) groups excluding carboxylic acids is 1. The van der Waals surface area contributed by atoms with E-state index >= 15 is 0 Å². The molecule has 0 aliphatic carbocycles. The number of hydrogen-bond acceptors (Lipinski definition) is 2. The number of rotatable bonds is 6. The lowest BCUT2D eigenvalue weighted by Gasteiger charge is -2.09. The fourth-order valence-electron chi connectivity index (χ4n) is 2.66. The van der Waals surface area contributed by atoms with Gasteiger partial charge >= 0.3 is 0 Å². The molecular formula is C18H23F2N3O. The molecular weight excluding hydrogens is 312 g/mol. The van der Waals surface area contributed by atoms with Crippen molar-refractivity contribution in [1.82, 2.24) is 9.78 Å². The quantitative estimate of drug-likeness (QED) is 0.867. The number of aryl methyl sites for hydroxylation is 1. The number of nitrogens with zero attached hydrogens (tertiary/aromatic N) is 2. The number of carbonyl (C=O) groups is 1. The molecule has 0 fully saturated rings. The SMILES string of the molecule is Cc1nn(CC(C)C)c(C)c1CCC(=O)Nc1cc(F)ccc1F. The van der Waals surface area contributed by atoms with Crippen LogP contribution in [0.5, 0.6) is 0 Å². The van der Waals surface area contributed by atoms with Gasteiger partial charge in [-0.15, -0.1) is 0 Å². The minimum atomic E-state index is -0.651. The Bertz CT molecular complexity index is 738. The highest BCUT2D eigenvalue weighted by molar-refractivity contribution is 5.90. The molecule has 0 aliphatic heterocycles. The van der Waals surface area contributed by atoms with Crippen molar-refractivity contribution in [3.63, 3.8) is 0 Å². The maximum atomic E-state index is 13.6. The van der Waals surface area contributed by atoms with Crippen LogP contribution in [-0.4, -0.2) is 15.7 Å². The normalized spacial score (nSPS) is 11.1. The van der Waals surface area contributed by atoms with Crippen LogP contribution in [-0.2, 0) is 17.8 Å². The number of hydrogen-bond donors (Lipinski definition) is 1. The van der Waals surface area contributed by atoms with Gasteiger partial charge in [0.2, 0.25) is 5.91 Å². The highest BCUT2D eigenvalue weighted by atomic mass is 19.1. The Morgan fingerprint density at radius 3 is 2.67 bits per heavy atom. The van der Waals surface area contributed by atoms with E-state index in [1.165, 1.54) is 0 Å².